The van der Waals surface area contributed by atoms with Crippen LogP contribution in [0.1, 0.15) is 88.8 Å². The summed E-state index contributed by atoms with van der Waals surface area (Å²) >= 11 is 0. The molecule has 0 radical (unpaired) electrons. The van der Waals surface area contributed by atoms with Gasteiger partial charge in [0, 0.05) is 11.1 Å². The molecule has 4 aromatic carbocycles. The van der Waals surface area contributed by atoms with Gasteiger partial charge in [0.2, 0.25) is 5.82 Å². The number of carbonyl (C=O) groups is 2. The Morgan fingerprint density at radius 3 is 1.54 bits per heavy atom. The first-order chi connectivity index (χ1) is 25.8. The molecule has 0 saturated heterocycles. The SMILES string of the molecule is C=C(C)C(=O)Oc1ccc(-c2ccc(OC(=O)C(=C)C)cc2)cc1.CCCC1CCC(c2ccc(CCc3ccc(OCC)c(F)c3F)c(F)c2F)CC1. The highest BCUT2D eigenvalue weighted by atomic mass is 19.2. The number of halogens is 4. The molecule has 0 heterocycles. The fourth-order valence-electron chi connectivity index (χ4n) is 6.40. The summed E-state index contributed by atoms with van der Waals surface area (Å²) in [6.07, 6.45) is 6.42. The van der Waals surface area contributed by atoms with Gasteiger partial charge in [-0.25, -0.2) is 22.8 Å². The fraction of sp³-hybridized carbons (Fsp3) is 0.333. The standard InChI is InChI=1S/C25H30F4O.C20H18O4/c1-3-5-16-6-8-17(9-7-16)20-14-12-18(22(26)24(20)28)10-11-19-13-15-21(30-4-2)25(29)23(19)27;1-13(2)19(21)23-17-9-5-15(6-10-17)16-7-11-18(12-8-16)24-20(22)14(3)4/h12-17H,3-11H2,1-2H3;5-12H,1,3H2,2,4H3. The van der Waals surface area contributed by atoms with E-state index in [9.17, 15) is 27.2 Å². The zero-order valence-electron chi connectivity index (χ0n) is 31.4. The van der Waals surface area contributed by atoms with Crippen LogP contribution in [-0.2, 0) is 22.4 Å². The van der Waals surface area contributed by atoms with Crippen molar-refractivity contribution in [3.05, 3.63) is 137 Å². The first-order valence-electron chi connectivity index (χ1n) is 18.3. The summed E-state index contributed by atoms with van der Waals surface area (Å²) in [5.74, 6) is -3.08. The summed E-state index contributed by atoms with van der Waals surface area (Å²) in [5, 5.41) is 0. The minimum Gasteiger partial charge on any atom is -0.491 e. The number of hydrogen-bond acceptors (Lipinski definition) is 5. The van der Waals surface area contributed by atoms with E-state index in [4.69, 9.17) is 14.2 Å². The molecular formula is C45H48F4O5. The molecule has 0 bridgehead atoms. The molecule has 1 aliphatic carbocycles. The summed E-state index contributed by atoms with van der Waals surface area (Å²) in [6, 6.07) is 20.3. The van der Waals surface area contributed by atoms with Gasteiger partial charge in [-0.2, -0.15) is 4.39 Å². The molecule has 9 heteroatoms. The minimum atomic E-state index is -1.05. The van der Waals surface area contributed by atoms with Gasteiger partial charge in [0.05, 0.1) is 6.61 Å². The highest BCUT2D eigenvalue weighted by Gasteiger charge is 2.26. The van der Waals surface area contributed by atoms with Crippen molar-refractivity contribution in [2.45, 2.75) is 85.0 Å². The maximum absolute atomic E-state index is 14.8. The molecule has 0 spiro atoms. The predicted octanol–water partition coefficient (Wildman–Crippen LogP) is 11.8. The van der Waals surface area contributed by atoms with Gasteiger partial charge in [-0.05, 0) is 129 Å². The normalized spacial score (nSPS) is 15.0. The van der Waals surface area contributed by atoms with E-state index < -0.39 is 35.2 Å². The molecule has 5 rings (SSSR count). The van der Waals surface area contributed by atoms with Gasteiger partial charge in [-0.1, -0.05) is 75.4 Å². The van der Waals surface area contributed by atoms with E-state index in [1.165, 1.54) is 18.6 Å². The third kappa shape index (κ3) is 11.2. The largest absolute Gasteiger partial charge is 0.491 e. The van der Waals surface area contributed by atoms with Crippen LogP contribution in [0.15, 0.2) is 97.1 Å². The van der Waals surface area contributed by atoms with Crippen molar-refractivity contribution in [3.8, 4) is 28.4 Å². The molecule has 5 nitrogen and oxygen atoms in total. The molecule has 1 aliphatic rings. The van der Waals surface area contributed by atoms with Crippen LogP contribution >= 0.6 is 0 Å². The summed E-state index contributed by atoms with van der Waals surface area (Å²) in [5.41, 5.74) is 3.34. The van der Waals surface area contributed by atoms with Gasteiger partial charge in [-0.3, -0.25) is 0 Å². The van der Waals surface area contributed by atoms with Crippen LogP contribution in [0.5, 0.6) is 17.2 Å². The lowest BCUT2D eigenvalue weighted by atomic mass is 9.77. The zero-order chi connectivity index (χ0) is 39.4. The number of hydrogen-bond donors (Lipinski definition) is 0. The van der Waals surface area contributed by atoms with Crippen LogP contribution in [0.25, 0.3) is 11.1 Å². The lowest BCUT2D eigenvalue weighted by Crippen LogP contribution is -2.15. The lowest BCUT2D eigenvalue weighted by Gasteiger charge is -2.29. The fourth-order valence-corrected chi connectivity index (χ4v) is 6.40. The van der Waals surface area contributed by atoms with Gasteiger partial charge in [-0.15, -0.1) is 0 Å². The highest BCUT2D eigenvalue weighted by Crippen LogP contribution is 2.39. The second-order valence-corrected chi connectivity index (χ2v) is 13.6. The van der Waals surface area contributed by atoms with Gasteiger partial charge in [0.25, 0.3) is 0 Å². The Morgan fingerprint density at radius 1 is 0.630 bits per heavy atom. The highest BCUT2D eigenvalue weighted by molar-refractivity contribution is 5.89. The molecule has 4 aromatic rings. The molecule has 286 valence electrons. The number of carbonyl (C=O) groups excluding carboxylic acids is 2. The smallest absolute Gasteiger partial charge is 0.338 e. The molecule has 0 aromatic heterocycles. The predicted molar refractivity (Wildman–Crippen MR) is 204 cm³/mol. The Hall–Kier alpha value is -5.18. The van der Waals surface area contributed by atoms with E-state index in [0.29, 0.717) is 34.1 Å². The van der Waals surface area contributed by atoms with Crippen LogP contribution in [-0.4, -0.2) is 18.5 Å². The number of ether oxygens (including phenoxy) is 3. The van der Waals surface area contributed by atoms with Gasteiger partial charge in [0.1, 0.15) is 11.5 Å². The molecular weight excluding hydrogens is 696 g/mol. The monoisotopic (exact) mass is 744 g/mol. The molecule has 0 unspecified atom stereocenters. The number of rotatable bonds is 13. The molecule has 0 atom stereocenters. The van der Waals surface area contributed by atoms with Gasteiger partial charge < -0.3 is 14.2 Å². The van der Waals surface area contributed by atoms with E-state index in [1.807, 2.05) is 24.3 Å². The third-order valence-electron chi connectivity index (χ3n) is 9.43. The summed E-state index contributed by atoms with van der Waals surface area (Å²) < 4.78 is 73.1. The Balaban J connectivity index is 0.000000247. The Kier molecular flexibility index (Phi) is 15.2. The van der Waals surface area contributed by atoms with E-state index in [1.54, 1.807) is 57.2 Å². The van der Waals surface area contributed by atoms with E-state index in [2.05, 4.69) is 20.1 Å². The first-order valence-corrected chi connectivity index (χ1v) is 18.3. The summed E-state index contributed by atoms with van der Waals surface area (Å²) in [6.45, 7) is 14.4. The lowest BCUT2D eigenvalue weighted by molar-refractivity contribution is -0.130. The van der Waals surface area contributed by atoms with Gasteiger partial charge >= 0.3 is 11.9 Å². The number of aryl methyl sites for hydroxylation is 2. The zero-order valence-corrected chi connectivity index (χ0v) is 31.4. The van der Waals surface area contributed by atoms with Crippen molar-refractivity contribution >= 4 is 11.9 Å². The van der Waals surface area contributed by atoms with Crippen LogP contribution in [0.3, 0.4) is 0 Å². The average molecular weight is 745 g/mol. The molecule has 0 N–H and O–H groups in total. The Morgan fingerprint density at radius 2 is 1.09 bits per heavy atom. The van der Waals surface area contributed by atoms with E-state index >= 15 is 0 Å². The molecule has 54 heavy (non-hydrogen) atoms. The molecule has 0 amide bonds. The Bertz CT molecular complexity index is 1860. The van der Waals surface area contributed by atoms with Crippen LogP contribution < -0.4 is 14.2 Å². The number of benzene rings is 4. The third-order valence-corrected chi connectivity index (χ3v) is 9.43. The van der Waals surface area contributed by atoms with Crippen LogP contribution in [0, 0.1) is 29.2 Å². The Labute approximate surface area is 315 Å². The van der Waals surface area contributed by atoms with Crippen LogP contribution in [0.4, 0.5) is 17.6 Å². The summed E-state index contributed by atoms with van der Waals surface area (Å²) in [7, 11) is 0. The van der Waals surface area contributed by atoms with Gasteiger partial charge in [0.15, 0.2) is 23.2 Å². The quantitative estimate of drug-likeness (QED) is 0.0590. The molecule has 1 saturated carbocycles. The first kappa shape index (κ1) is 41.6. The topological polar surface area (TPSA) is 61.8 Å². The van der Waals surface area contributed by atoms with Crippen molar-refractivity contribution in [1.82, 2.24) is 0 Å². The maximum Gasteiger partial charge on any atom is 0.338 e. The van der Waals surface area contributed by atoms with Crippen molar-refractivity contribution in [3.63, 3.8) is 0 Å². The number of esters is 2. The van der Waals surface area contributed by atoms with E-state index in [0.717, 1.165) is 43.2 Å². The van der Waals surface area contributed by atoms with Crippen molar-refractivity contribution in [1.29, 1.82) is 0 Å². The van der Waals surface area contributed by atoms with Crippen molar-refractivity contribution in [2.24, 2.45) is 5.92 Å². The second kappa shape index (κ2) is 19.8. The average Bonchev–Trinajstić information content (AvgIpc) is 3.16. The summed E-state index contributed by atoms with van der Waals surface area (Å²) in [4.78, 5) is 22.9. The van der Waals surface area contributed by atoms with Crippen molar-refractivity contribution < 1.29 is 41.4 Å². The maximum atomic E-state index is 14.8. The molecule has 0 aliphatic heterocycles. The van der Waals surface area contributed by atoms with E-state index in [-0.39, 0.29) is 42.2 Å². The van der Waals surface area contributed by atoms with Crippen LogP contribution in [0.2, 0.25) is 0 Å². The second-order valence-electron chi connectivity index (χ2n) is 13.6. The molecule has 1 fully saturated rings. The minimum absolute atomic E-state index is 0.0549. The van der Waals surface area contributed by atoms with Crippen molar-refractivity contribution in [2.75, 3.05) is 6.61 Å².